The Morgan fingerprint density at radius 3 is 2.00 bits per heavy atom. The summed E-state index contributed by atoms with van der Waals surface area (Å²) in [5, 5.41) is 12.6. The second kappa shape index (κ2) is 28.0. The Balaban J connectivity index is 0.751. The number of anilines is 1. The molecule has 18 heteroatoms. The first-order valence-electron chi connectivity index (χ1n) is 25.2. The number of nitrogens with zero attached hydrogens (tertiary/aromatic N) is 1. The van der Waals surface area contributed by atoms with E-state index >= 15 is 0 Å². The average Bonchev–Trinajstić information content (AvgIpc) is 4.29. The van der Waals surface area contributed by atoms with Crippen LogP contribution in [0.25, 0.3) is 0 Å². The number of hydrogen-bond donors (Lipinski definition) is 5. The number of hydrogen-bond acceptors (Lipinski definition) is 12. The molecule has 1 heterocycles. The van der Waals surface area contributed by atoms with Crippen LogP contribution >= 0.6 is 11.8 Å². The Bertz CT molecular complexity index is 2300. The van der Waals surface area contributed by atoms with E-state index in [0.29, 0.717) is 43.4 Å². The fourth-order valence-corrected chi connectivity index (χ4v) is 11.1. The van der Waals surface area contributed by atoms with E-state index in [1.807, 2.05) is 49.4 Å². The van der Waals surface area contributed by atoms with E-state index in [4.69, 9.17) is 18.9 Å². The van der Waals surface area contributed by atoms with Crippen molar-refractivity contribution in [3.8, 4) is 0 Å². The van der Waals surface area contributed by atoms with Gasteiger partial charge in [-0.05, 0) is 79.2 Å². The van der Waals surface area contributed by atoms with Crippen molar-refractivity contribution in [1.29, 1.82) is 0 Å². The van der Waals surface area contributed by atoms with Crippen molar-refractivity contribution in [2.75, 3.05) is 84.4 Å². The monoisotopic (exact) mass is 1010 g/mol. The zero-order chi connectivity index (χ0) is 51.4. The maximum Gasteiger partial charge on any atom is 0.243 e. The smallest absolute Gasteiger partial charge is 0.243 e. The summed E-state index contributed by atoms with van der Waals surface area (Å²) in [7, 11) is 0. The zero-order valence-corrected chi connectivity index (χ0v) is 42.7. The Labute approximate surface area is 427 Å². The van der Waals surface area contributed by atoms with Gasteiger partial charge in [0.25, 0.3) is 0 Å². The Morgan fingerprint density at radius 2 is 1.35 bits per heavy atom. The van der Waals surface area contributed by atoms with Crippen LogP contribution in [-0.2, 0) is 65.4 Å². The van der Waals surface area contributed by atoms with E-state index < -0.39 is 42.1 Å². The molecule has 0 bridgehead atoms. The van der Waals surface area contributed by atoms with Crippen LogP contribution in [0.1, 0.15) is 81.0 Å². The summed E-state index contributed by atoms with van der Waals surface area (Å²) in [6, 6.07) is 23.8. The highest BCUT2D eigenvalue weighted by Gasteiger charge is 2.68. The summed E-state index contributed by atoms with van der Waals surface area (Å²) in [5.41, 5.74) is 5.35. The van der Waals surface area contributed by atoms with Crippen LogP contribution in [0, 0.1) is 18.3 Å². The maximum absolute atomic E-state index is 13.3. The molecule has 390 valence electrons. The summed E-state index contributed by atoms with van der Waals surface area (Å²) >= 11 is 1.73. The van der Waals surface area contributed by atoms with Crippen molar-refractivity contribution in [1.82, 2.24) is 26.2 Å². The van der Waals surface area contributed by atoms with Crippen LogP contribution in [0.15, 0.2) is 78.9 Å². The van der Waals surface area contributed by atoms with Crippen LogP contribution < -0.4 is 26.6 Å². The zero-order valence-electron chi connectivity index (χ0n) is 41.9. The van der Waals surface area contributed by atoms with E-state index in [-0.39, 0.29) is 87.1 Å². The molecule has 3 aromatic carbocycles. The van der Waals surface area contributed by atoms with Gasteiger partial charge in [0, 0.05) is 29.7 Å². The number of likely N-dealkylation sites (tertiary alicyclic amines) is 1. The van der Waals surface area contributed by atoms with Crippen molar-refractivity contribution in [3.05, 3.63) is 101 Å². The van der Waals surface area contributed by atoms with Crippen molar-refractivity contribution in [3.63, 3.8) is 0 Å². The molecule has 5 N–H and O–H groups in total. The molecule has 72 heavy (non-hydrogen) atoms. The minimum absolute atomic E-state index is 0.00495. The van der Waals surface area contributed by atoms with Gasteiger partial charge in [-0.15, -0.1) is 11.8 Å². The molecule has 1 saturated heterocycles. The van der Waals surface area contributed by atoms with Gasteiger partial charge in [-0.25, -0.2) is 0 Å². The number of amides is 7. The predicted octanol–water partition coefficient (Wildman–Crippen LogP) is 4.28. The van der Waals surface area contributed by atoms with Gasteiger partial charge in [0.2, 0.25) is 41.4 Å². The predicted molar refractivity (Wildman–Crippen MR) is 274 cm³/mol. The highest BCUT2D eigenvalue weighted by Crippen LogP contribution is 2.76. The highest BCUT2D eigenvalue weighted by molar-refractivity contribution is 8.02. The number of rotatable bonds is 33. The second-order valence-corrected chi connectivity index (χ2v) is 20.8. The minimum atomic E-state index is -1.04. The number of ether oxygens (including phenoxy) is 4. The molecule has 3 fully saturated rings. The number of thioether (sulfide) groups is 1. The molecule has 2 aliphatic carbocycles. The number of carbonyl (C=O) groups is 7. The lowest BCUT2D eigenvalue weighted by molar-refractivity contribution is -0.139. The first kappa shape index (κ1) is 55.7. The third-order valence-corrected chi connectivity index (χ3v) is 14.9. The minimum Gasteiger partial charge on any atom is -0.379 e. The highest BCUT2D eigenvalue weighted by atomic mass is 32.2. The van der Waals surface area contributed by atoms with E-state index in [2.05, 4.69) is 52.6 Å². The largest absolute Gasteiger partial charge is 0.379 e. The van der Waals surface area contributed by atoms with Crippen LogP contribution in [-0.4, -0.2) is 141 Å². The molecule has 4 atom stereocenters. The third kappa shape index (κ3) is 18.1. The van der Waals surface area contributed by atoms with Crippen molar-refractivity contribution in [2.24, 2.45) is 11.3 Å². The lowest BCUT2D eigenvalue weighted by Crippen LogP contribution is -2.52. The van der Waals surface area contributed by atoms with Crippen LogP contribution in [0.3, 0.4) is 0 Å². The van der Waals surface area contributed by atoms with Gasteiger partial charge in [-0.3, -0.25) is 38.5 Å². The van der Waals surface area contributed by atoms with E-state index in [1.54, 1.807) is 36.0 Å². The van der Waals surface area contributed by atoms with E-state index in [9.17, 15) is 33.6 Å². The lowest BCUT2D eigenvalue weighted by atomic mass is 9.97. The number of benzene rings is 3. The molecule has 2 saturated carbocycles. The fraction of sp³-hybridized carbons (Fsp3) is 0.537. The first-order valence-corrected chi connectivity index (χ1v) is 26.1. The van der Waals surface area contributed by atoms with Gasteiger partial charge in [0.1, 0.15) is 6.04 Å². The molecule has 3 aromatic rings. The normalized spacial score (nSPS) is 17.7. The van der Waals surface area contributed by atoms with Crippen molar-refractivity contribution >= 4 is 58.8 Å². The first-order chi connectivity index (χ1) is 34.8. The van der Waals surface area contributed by atoms with Gasteiger partial charge in [0.05, 0.1) is 84.3 Å². The van der Waals surface area contributed by atoms with Crippen LogP contribution in [0.2, 0.25) is 0 Å². The summed E-state index contributed by atoms with van der Waals surface area (Å²) in [4.78, 5) is 90.8. The molecule has 1 spiro atoms. The van der Waals surface area contributed by atoms with E-state index in [1.165, 1.54) is 35.3 Å². The van der Waals surface area contributed by atoms with Crippen molar-refractivity contribution in [2.45, 2.75) is 94.6 Å². The van der Waals surface area contributed by atoms with Crippen LogP contribution in [0.5, 0.6) is 0 Å². The van der Waals surface area contributed by atoms with E-state index in [0.717, 1.165) is 30.4 Å². The molecule has 0 radical (unpaired) electrons. The second-order valence-electron chi connectivity index (χ2n) is 19.1. The molecular weight excluding hydrogens is 941 g/mol. The van der Waals surface area contributed by atoms with Gasteiger partial charge in [0.15, 0.2) is 0 Å². The molecule has 1 aliphatic heterocycles. The number of aryl methyl sites for hydroxylation is 1. The standard InChI is InChI=1S/C54H72N6O11S/c1-4-18-53(3,45-34-54(45)19-20-54)72-44-33-50(65)60(52(44)67)21-23-69-25-27-71-29-28-70-26-24-68-22-17-46(61)55-35-47(62)56-36-49(64)59-43(32-39-10-6-5-7-11-39)51(66)57-37-48(63)58-42-15-13-40(14-16-42)31-41-12-8-9-38(2)30-41/h5-16,30,43-45H,4,17-29,31-37H2,1-3H3,(H,55,61)(H,56,62)(H,57,66)(H,58,63)(H,59,64)/t43-,44?,45-,53?/m0/s1. The summed E-state index contributed by atoms with van der Waals surface area (Å²) < 4.78 is 22.2. The maximum atomic E-state index is 13.3. The van der Waals surface area contributed by atoms with Crippen molar-refractivity contribution < 1.29 is 52.5 Å². The quantitative estimate of drug-likeness (QED) is 0.0427. The number of imide groups is 1. The lowest BCUT2D eigenvalue weighted by Gasteiger charge is -2.32. The topological polar surface area (TPSA) is 220 Å². The Morgan fingerprint density at radius 1 is 0.722 bits per heavy atom. The SMILES string of the molecule is CCCC(C)(SC1CC(=O)N(CCOCCOCCOCCOCCC(=O)NCC(=O)NCC(=O)N[C@@H](Cc2ccccc2)C(=O)NCC(=O)Nc2ccc(Cc3cccc(C)c3)cc2)C1=O)[C@@H]1CC12CC2. The van der Waals surface area contributed by atoms with Gasteiger partial charge in [-0.1, -0.05) is 92.6 Å². The summed E-state index contributed by atoms with van der Waals surface area (Å²) in [5.74, 6) is -2.22. The fourth-order valence-electron chi connectivity index (χ4n) is 9.20. The molecule has 0 aromatic heterocycles. The molecular formula is C54H72N6O11S. The van der Waals surface area contributed by atoms with Gasteiger partial charge in [-0.2, -0.15) is 0 Å². The summed E-state index contributed by atoms with van der Waals surface area (Å²) in [6.45, 7) is 7.87. The molecule has 17 nitrogen and oxygen atoms in total. The number of nitrogens with one attached hydrogen (secondary N) is 5. The Hall–Kier alpha value is -5.66. The molecule has 3 aliphatic rings. The molecule has 7 amide bonds. The third-order valence-electron chi connectivity index (χ3n) is 13.2. The Kier molecular flexibility index (Phi) is 21.6. The number of carbonyl (C=O) groups excluding carboxylic acids is 7. The molecule has 2 unspecified atom stereocenters. The average molecular weight is 1010 g/mol. The van der Waals surface area contributed by atoms with Gasteiger partial charge < -0.3 is 45.5 Å². The van der Waals surface area contributed by atoms with Crippen LogP contribution in [0.4, 0.5) is 5.69 Å². The summed E-state index contributed by atoms with van der Waals surface area (Å²) in [6.07, 6.45) is 7.18. The molecule has 6 rings (SSSR count). The van der Waals surface area contributed by atoms with Gasteiger partial charge >= 0.3 is 0 Å².